The van der Waals surface area contributed by atoms with E-state index in [-0.39, 0.29) is 12.2 Å². The first-order valence-electron chi connectivity index (χ1n) is 10.8. The maximum Gasteiger partial charge on any atom is 0.329 e. The molecule has 2 N–H and O–H groups in total. The molecular formula is C26H20ClI2N3O4. The summed E-state index contributed by atoms with van der Waals surface area (Å²) in [4.78, 5) is 38.5. The minimum atomic E-state index is -0.644. The molecule has 10 heteroatoms. The van der Waals surface area contributed by atoms with Gasteiger partial charge in [0.2, 0.25) is 5.91 Å². The molecule has 184 valence electrons. The minimum Gasteiger partial charge on any atom is -0.487 e. The van der Waals surface area contributed by atoms with Crippen LogP contribution in [0.4, 0.5) is 10.5 Å². The molecule has 0 saturated carbocycles. The maximum atomic E-state index is 12.8. The lowest BCUT2D eigenvalue weighted by atomic mass is 10.2. The van der Waals surface area contributed by atoms with Crippen LogP contribution < -0.4 is 15.4 Å². The number of nitrogens with one attached hydrogen (secondary N) is 2. The van der Waals surface area contributed by atoms with Crippen molar-refractivity contribution in [1.29, 1.82) is 0 Å². The van der Waals surface area contributed by atoms with Crippen LogP contribution in [0.5, 0.6) is 5.75 Å². The second-order valence-corrected chi connectivity index (χ2v) is 10.7. The summed E-state index contributed by atoms with van der Waals surface area (Å²) in [5.74, 6) is -0.326. The van der Waals surface area contributed by atoms with E-state index < -0.39 is 17.8 Å². The van der Waals surface area contributed by atoms with E-state index in [1.165, 1.54) is 0 Å². The molecule has 1 aliphatic rings. The summed E-state index contributed by atoms with van der Waals surface area (Å²) in [5.41, 5.74) is 3.27. The highest BCUT2D eigenvalue weighted by atomic mass is 127. The summed E-state index contributed by atoms with van der Waals surface area (Å²) < 4.78 is 7.68. The molecule has 3 aromatic rings. The van der Waals surface area contributed by atoms with Gasteiger partial charge in [0.25, 0.3) is 5.91 Å². The topological polar surface area (TPSA) is 87.7 Å². The molecule has 0 aliphatic carbocycles. The molecule has 1 saturated heterocycles. The van der Waals surface area contributed by atoms with Crippen LogP contribution in [0, 0.1) is 14.1 Å². The number of benzene rings is 3. The summed E-state index contributed by atoms with van der Waals surface area (Å²) in [5, 5.41) is 5.90. The van der Waals surface area contributed by atoms with Gasteiger partial charge in [-0.3, -0.25) is 9.59 Å². The smallest absolute Gasteiger partial charge is 0.329 e. The predicted molar refractivity (Wildman–Crippen MR) is 156 cm³/mol. The number of urea groups is 1. The number of nitrogens with zero attached hydrogens (tertiary/aromatic N) is 1. The SMILES string of the molecule is Cc1cccc(NC(=O)CN2C(=O)N/C(=C/c3cc(I)c(OCc4ccccc4Cl)c(I)c3)C2=O)c1. The zero-order chi connectivity index (χ0) is 25.8. The van der Waals surface area contributed by atoms with E-state index in [1.54, 1.807) is 18.2 Å². The Morgan fingerprint density at radius 1 is 1.08 bits per heavy atom. The Morgan fingerprint density at radius 2 is 1.81 bits per heavy atom. The first-order chi connectivity index (χ1) is 17.2. The van der Waals surface area contributed by atoms with Crippen molar-refractivity contribution in [2.75, 3.05) is 11.9 Å². The first kappa shape index (κ1) is 26.4. The monoisotopic (exact) mass is 727 g/mol. The molecule has 7 nitrogen and oxygen atoms in total. The van der Waals surface area contributed by atoms with Gasteiger partial charge in [-0.05, 0) is 99.6 Å². The highest BCUT2D eigenvalue weighted by Crippen LogP contribution is 2.31. The summed E-state index contributed by atoms with van der Waals surface area (Å²) in [6.07, 6.45) is 1.58. The number of carbonyl (C=O) groups excluding carboxylic acids is 3. The van der Waals surface area contributed by atoms with Crippen LogP contribution in [0.25, 0.3) is 6.08 Å². The number of halogens is 3. The van der Waals surface area contributed by atoms with Crippen molar-refractivity contribution < 1.29 is 19.1 Å². The fourth-order valence-corrected chi connectivity index (χ4v) is 5.83. The number of aryl methyl sites for hydroxylation is 1. The van der Waals surface area contributed by atoms with Gasteiger partial charge in [-0.15, -0.1) is 0 Å². The molecule has 36 heavy (non-hydrogen) atoms. The third-order valence-electron chi connectivity index (χ3n) is 5.23. The van der Waals surface area contributed by atoms with Gasteiger partial charge >= 0.3 is 6.03 Å². The summed E-state index contributed by atoms with van der Waals surface area (Å²) in [6, 6.07) is 17.8. The molecule has 0 bridgehead atoms. The second-order valence-electron chi connectivity index (χ2n) is 7.99. The van der Waals surface area contributed by atoms with E-state index in [1.807, 2.05) is 55.5 Å². The standard InChI is InChI=1S/C26H20ClI2N3O4/c1-15-5-4-7-18(9-15)30-23(33)13-32-25(34)22(31-26(32)35)12-16-10-20(28)24(21(29)11-16)36-14-17-6-2-3-8-19(17)27/h2-12H,13-14H2,1H3,(H,30,33)(H,31,35)/b22-12+. The number of rotatable bonds is 7. The number of imide groups is 1. The normalized spacial score (nSPS) is 14.2. The van der Waals surface area contributed by atoms with Gasteiger partial charge in [0, 0.05) is 16.3 Å². The van der Waals surface area contributed by atoms with Crippen molar-refractivity contribution in [3.8, 4) is 5.75 Å². The molecule has 1 heterocycles. The fourth-order valence-electron chi connectivity index (χ4n) is 3.51. The Morgan fingerprint density at radius 3 is 2.50 bits per heavy atom. The Balaban J connectivity index is 1.44. The number of carbonyl (C=O) groups is 3. The lowest BCUT2D eigenvalue weighted by molar-refractivity contribution is -0.127. The quantitative estimate of drug-likeness (QED) is 0.179. The second kappa shape index (κ2) is 11.6. The Bertz CT molecular complexity index is 1370. The van der Waals surface area contributed by atoms with Crippen LogP contribution >= 0.6 is 56.8 Å². The highest BCUT2D eigenvalue weighted by Gasteiger charge is 2.35. The van der Waals surface area contributed by atoms with Crippen LogP contribution in [0.15, 0.2) is 66.4 Å². The van der Waals surface area contributed by atoms with Crippen LogP contribution in [-0.2, 0) is 16.2 Å². The van der Waals surface area contributed by atoms with E-state index in [2.05, 4.69) is 55.8 Å². The molecule has 3 aromatic carbocycles. The van der Waals surface area contributed by atoms with Crippen LogP contribution in [0.1, 0.15) is 16.7 Å². The molecule has 4 amide bonds. The maximum absolute atomic E-state index is 12.8. The Hall–Kier alpha value is -2.64. The average Bonchev–Trinajstić information content (AvgIpc) is 3.07. The molecule has 0 atom stereocenters. The van der Waals surface area contributed by atoms with Crippen molar-refractivity contribution in [3.63, 3.8) is 0 Å². The number of amides is 4. The number of hydrogen-bond donors (Lipinski definition) is 2. The summed E-state index contributed by atoms with van der Waals surface area (Å²) in [7, 11) is 0. The van der Waals surface area contributed by atoms with E-state index >= 15 is 0 Å². The van der Waals surface area contributed by atoms with Gasteiger partial charge in [-0.1, -0.05) is 41.9 Å². The molecule has 0 unspecified atom stereocenters. The molecule has 4 rings (SSSR count). The van der Waals surface area contributed by atoms with E-state index in [0.29, 0.717) is 28.6 Å². The lowest BCUT2D eigenvalue weighted by Crippen LogP contribution is -2.38. The van der Waals surface area contributed by atoms with E-state index in [9.17, 15) is 14.4 Å². The molecule has 0 aromatic heterocycles. The summed E-state index contributed by atoms with van der Waals surface area (Å²) >= 11 is 10.5. The number of hydrogen-bond acceptors (Lipinski definition) is 4. The number of ether oxygens (including phenoxy) is 1. The third-order valence-corrected chi connectivity index (χ3v) is 7.20. The highest BCUT2D eigenvalue weighted by molar-refractivity contribution is 14.1. The predicted octanol–water partition coefficient (Wildman–Crippen LogP) is 5.97. The van der Waals surface area contributed by atoms with Gasteiger partial charge < -0.3 is 15.4 Å². The zero-order valence-corrected chi connectivity index (χ0v) is 24.1. The molecule has 1 fully saturated rings. The van der Waals surface area contributed by atoms with Crippen LogP contribution in [0.2, 0.25) is 5.02 Å². The van der Waals surface area contributed by atoms with E-state index in [0.717, 1.165) is 23.2 Å². The van der Waals surface area contributed by atoms with Gasteiger partial charge in [0.1, 0.15) is 24.6 Å². The van der Waals surface area contributed by atoms with Gasteiger partial charge in [-0.25, -0.2) is 9.69 Å². The summed E-state index contributed by atoms with van der Waals surface area (Å²) in [6.45, 7) is 1.84. The fraction of sp³-hybridized carbons (Fsp3) is 0.115. The van der Waals surface area contributed by atoms with Crippen LogP contribution in [-0.4, -0.2) is 29.3 Å². The third kappa shape index (κ3) is 6.37. The first-order valence-corrected chi connectivity index (χ1v) is 13.3. The average molecular weight is 728 g/mol. The largest absolute Gasteiger partial charge is 0.487 e. The minimum absolute atomic E-state index is 0.0969. The van der Waals surface area contributed by atoms with Crippen molar-refractivity contribution in [2.24, 2.45) is 0 Å². The Kier molecular flexibility index (Phi) is 8.52. The van der Waals surface area contributed by atoms with Crippen molar-refractivity contribution in [1.82, 2.24) is 10.2 Å². The van der Waals surface area contributed by atoms with Crippen molar-refractivity contribution >= 4 is 86.4 Å². The molecule has 0 radical (unpaired) electrons. The Labute approximate surface area is 240 Å². The lowest BCUT2D eigenvalue weighted by Gasteiger charge is -2.13. The number of anilines is 1. The van der Waals surface area contributed by atoms with Crippen molar-refractivity contribution in [2.45, 2.75) is 13.5 Å². The molecule has 0 spiro atoms. The van der Waals surface area contributed by atoms with Gasteiger partial charge in [0.05, 0.1) is 7.14 Å². The van der Waals surface area contributed by atoms with Gasteiger partial charge in [0.15, 0.2) is 0 Å². The zero-order valence-electron chi connectivity index (χ0n) is 19.0. The van der Waals surface area contributed by atoms with Crippen LogP contribution in [0.3, 0.4) is 0 Å². The van der Waals surface area contributed by atoms with E-state index in [4.69, 9.17) is 16.3 Å². The van der Waals surface area contributed by atoms with Gasteiger partial charge in [-0.2, -0.15) is 0 Å². The molecular weight excluding hydrogens is 708 g/mol. The van der Waals surface area contributed by atoms with Crippen molar-refractivity contribution in [3.05, 3.63) is 95.2 Å². The molecule has 1 aliphatic heterocycles.